The summed E-state index contributed by atoms with van der Waals surface area (Å²) in [6, 6.07) is 14.9. The summed E-state index contributed by atoms with van der Waals surface area (Å²) in [6.45, 7) is 3.56. The molecule has 26 heavy (non-hydrogen) atoms. The molecular formula is C20H23BrN2O3. The number of likely N-dealkylation sites (tertiary alicyclic amines) is 1. The summed E-state index contributed by atoms with van der Waals surface area (Å²) in [5.74, 6) is 0.781. The summed E-state index contributed by atoms with van der Waals surface area (Å²) >= 11 is 3.41. The standard InChI is InChI=1S/C20H23BrN2O3/c1-2-26-18-9-7-17(8-10-18)22-19(24)23-13-11-20(25,12-14-23)15-3-5-16(21)6-4-15/h3-10,25H,2,11-14H2,1H3,(H,22,24). The predicted molar refractivity (Wildman–Crippen MR) is 105 cm³/mol. The van der Waals surface area contributed by atoms with E-state index in [-0.39, 0.29) is 6.03 Å². The lowest BCUT2D eigenvalue weighted by atomic mass is 9.84. The van der Waals surface area contributed by atoms with Crippen LogP contribution in [0.1, 0.15) is 25.3 Å². The number of halogens is 1. The molecule has 5 nitrogen and oxygen atoms in total. The van der Waals surface area contributed by atoms with Crippen LogP contribution in [0.2, 0.25) is 0 Å². The van der Waals surface area contributed by atoms with E-state index in [4.69, 9.17) is 4.74 Å². The van der Waals surface area contributed by atoms with Gasteiger partial charge in [-0.05, 0) is 61.7 Å². The Balaban J connectivity index is 1.57. The second-order valence-corrected chi connectivity index (χ2v) is 7.33. The first-order valence-electron chi connectivity index (χ1n) is 8.77. The number of nitrogens with zero attached hydrogens (tertiary/aromatic N) is 1. The van der Waals surface area contributed by atoms with Crippen LogP contribution in [0.25, 0.3) is 0 Å². The van der Waals surface area contributed by atoms with Crippen molar-refractivity contribution in [1.29, 1.82) is 0 Å². The van der Waals surface area contributed by atoms with Crippen LogP contribution < -0.4 is 10.1 Å². The Morgan fingerprint density at radius 2 is 1.77 bits per heavy atom. The molecule has 1 heterocycles. The second kappa shape index (κ2) is 8.10. The number of nitrogens with one attached hydrogen (secondary N) is 1. The lowest BCUT2D eigenvalue weighted by Gasteiger charge is -2.38. The van der Waals surface area contributed by atoms with Crippen molar-refractivity contribution in [3.8, 4) is 5.75 Å². The molecule has 1 fully saturated rings. The van der Waals surface area contributed by atoms with Crippen molar-refractivity contribution in [1.82, 2.24) is 4.90 Å². The van der Waals surface area contributed by atoms with Crippen LogP contribution in [0, 0.1) is 0 Å². The van der Waals surface area contributed by atoms with Crippen molar-refractivity contribution in [3.63, 3.8) is 0 Å². The highest BCUT2D eigenvalue weighted by molar-refractivity contribution is 9.10. The van der Waals surface area contributed by atoms with E-state index in [1.807, 2.05) is 55.5 Å². The SMILES string of the molecule is CCOc1ccc(NC(=O)N2CCC(O)(c3ccc(Br)cc3)CC2)cc1. The molecule has 0 aromatic heterocycles. The summed E-state index contributed by atoms with van der Waals surface area (Å²) in [4.78, 5) is 14.2. The molecule has 0 radical (unpaired) electrons. The summed E-state index contributed by atoms with van der Waals surface area (Å²) in [6.07, 6.45) is 1.04. The molecule has 0 saturated carbocycles. The Bertz CT molecular complexity index is 739. The van der Waals surface area contributed by atoms with E-state index in [0.29, 0.717) is 32.5 Å². The number of rotatable bonds is 4. The van der Waals surface area contributed by atoms with E-state index >= 15 is 0 Å². The summed E-state index contributed by atoms with van der Waals surface area (Å²) in [5, 5.41) is 13.8. The van der Waals surface area contributed by atoms with Gasteiger partial charge in [-0.1, -0.05) is 28.1 Å². The number of piperidine rings is 1. The summed E-state index contributed by atoms with van der Waals surface area (Å²) in [7, 11) is 0. The largest absolute Gasteiger partial charge is 0.494 e. The van der Waals surface area contributed by atoms with Crippen LogP contribution in [0.5, 0.6) is 5.75 Å². The van der Waals surface area contributed by atoms with Gasteiger partial charge < -0.3 is 20.1 Å². The number of ether oxygens (including phenoxy) is 1. The second-order valence-electron chi connectivity index (χ2n) is 6.41. The van der Waals surface area contributed by atoms with Gasteiger partial charge in [0.25, 0.3) is 0 Å². The van der Waals surface area contributed by atoms with Gasteiger partial charge in [0.15, 0.2) is 0 Å². The van der Waals surface area contributed by atoms with Gasteiger partial charge in [0, 0.05) is 23.2 Å². The van der Waals surface area contributed by atoms with Gasteiger partial charge in [-0.15, -0.1) is 0 Å². The van der Waals surface area contributed by atoms with Crippen LogP contribution in [-0.2, 0) is 5.60 Å². The molecule has 0 atom stereocenters. The zero-order valence-corrected chi connectivity index (χ0v) is 16.3. The van der Waals surface area contributed by atoms with Gasteiger partial charge in [0.2, 0.25) is 0 Å². The lowest BCUT2D eigenvalue weighted by Crippen LogP contribution is -2.46. The number of hydrogen-bond acceptors (Lipinski definition) is 3. The number of urea groups is 1. The number of carbonyl (C=O) groups excluding carboxylic acids is 1. The normalized spacial score (nSPS) is 16.2. The van der Waals surface area contributed by atoms with Gasteiger partial charge in [-0.25, -0.2) is 4.79 Å². The number of benzene rings is 2. The molecule has 2 amide bonds. The van der Waals surface area contributed by atoms with Crippen molar-refractivity contribution in [2.75, 3.05) is 25.0 Å². The van der Waals surface area contributed by atoms with Crippen molar-refractivity contribution < 1.29 is 14.6 Å². The van der Waals surface area contributed by atoms with E-state index < -0.39 is 5.60 Å². The zero-order valence-electron chi connectivity index (χ0n) is 14.7. The zero-order chi connectivity index (χ0) is 18.6. The quantitative estimate of drug-likeness (QED) is 0.774. The molecule has 0 aliphatic carbocycles. The van der Waals surface area contributed by atoms with Crippen LogP contribution in [0.15, 0.2) is 53.0 Å². The molecule has 1 saturated heterocycles. The third-order valence-electron chi connectivity index (χ3n) is 4.68. The highest BCUT2D eigenvalue weighted by Crippen LogP contribution is 2.33. The van der Waals surface area contributed by atoms with Crippen LogP contribution in [-0.4, -0.2) is 35.7 Å². The van der Waals surface area contributed by atoms with Crippen molar-refractivity contribution in [2.45, 2.75) is 25.4 Å². The molecular weight excluding hydrogens is 396 g/mol. The van der Waals surface area contributed by atoms with Crippen LogP contribution in [0.4, 0.5) is 10.5 Å². The maximum absolute atomic E-state index is 12.5. The molecule has 0 bridgehead atoms. The number of carbonyl (C=O) groups is 1. The average Bonchev–Trinajstić information content (AvgIpc) is 2.64. The monoisotopic (exact) mass is 418 g/mol. The smallest absolute Gasteiger partial charge is 0.321 e. The fourth-order valence-corrected chi connectivity index (χ4v) is 3.40. The molecule has 1 aliphatic rings. The minimum absolute atomic E-state index is 0.146. The molecule has 1 aliphatic heterocycles. The Kier molecular flexibility index (Phi) is 5.84. The molecule has 6 heteroatoms. The molecule has 0 unspecified atom stereocenters. The Morgan fingerprint density at radius 1 is 1.15 bits per heavy atom. The van der Waals surface area contributed by atoms with Crippen LogP contribution >= 0.6 is 15.9 Å². The van der Waals surface area contributed by atoms with E-state index in [2.05, 4.69) is 21.2 Å². The summed E-state index contributed by atoms with van der Waals surface area (Å²) < 4.78 is 6.38. The molecule has 138 valence electrons. The first kappa shape index (κ1) is 18.7. The van der Waals surface area contributed by atoms with Gasteiger partial charge in [0.1, 0.15) is 5.75 Å². The minimum atomic E-state index is -0.878. The van der Waals surface area contributed by atoms with Crippen molar-refractivity contribution in [2.24, 2.45) is 0 Å². The van der Waals surface area contributed by atoms with Gasteiger partial charge in [-0.2, -0.15) is 0 Å². The predicted octanol–water partition coefficient (Wildman–Crippen LogP) is 4.36. The minimum Gasteiger partial charge on any atom is -0.494 e. The van der Waals surface area contributed by atoms with Gasteiger partial charge in [0.05, 0.1) is 12.2 Å². The maximum atomic E-state index is 12.5. The summed E-state index contributed by atoms with van der Waals surface area (Å²) in [5.41, 5.74) is 0.746. The topological polar surface area (TPSA) is 61.8 Å². The first-order chi connectivity index (χ1) is 12.5. The number of amides is 2. The Hall–Kier alpha value is -2.05. The average molecular weight is 419 g/mol. The molecule has 2 N–H and O–H groups in total. The maximum Gasteiger partial charge on any atom is 0.321 e. The van der Waals surface area contributed by atoms with Crippen molar-refractivity contribution >= 4 is 27.6 Å². The Labute approximate surface area is 162 Å². The van der Waals surface area contributed by atoms with E-state index in [0.717, 1.165) is 21.5 Å². The van der Waals surface area contributed by atoms with E-state index in [9.17, 15) is 9.90 Å². The highest BCUT2D eigenvalue weighted by atomic mass is 79.9. The highest BCUT2D eigenvalue weighted by Gasteiger charge is 2.35. The number of anilines is 1. The number of hydrogen-bond donors (Lipinski definition) is 2. The molecule has 2 aromatic rings. The van der Waals surface area contributed by atoms with Crippen molar-refractivity contribution in [3.05, 3.63) is 58.6 Å². The number of aliphatic hydroxyl groups is 1. The van der Waals surface area contributed by atoms with E-state index in [1.165, 1.54) is 0 Å². The molecule has 2 aromatic carbocycles. The third-order valence-corrected chi connectivity index (χ3v) is 5.20. The fourth-order valence-electron chi connectivity index (χ4n) is 3.13. The molecule has 3 rings (SSSR count). The van der Waals surface area contributed by atoms with E-state index in [1.54, 1.807) is 4.90 Å². The first-order valence-corrected chi connectivity index (χ1v) is 9.57. The van der Waals surface area contributed by atoms with Gasteiger partial charge >= 0.3 is 6.03 Å². The Morgan fingerprint density at radius 3 is 2.35 bits per heavy atom. The lowest BCUT2D eigenvalue weighted by molar-refractivity contribution is -0.0157. The third kappa shape index (κ3) is 4.37. The fraction of sp³-hybridized carbons (Fsp3) is 0.350. The van der Waals surface area contributed by atoms with Gasteiger partial charge in [-0.3, -0.25) is 0 Å². The van der Waals surface area contributed by atoms with Crippen LogP contribution in [0.3, 0.4) is 0 Å². The molecule has 0 spiro atoms.